The third-order valence-electron chi connectivity index (χ3n) is 2.67. The molecule has 1 aromatic heterocycles. The number of halogens is 4. The van der Waals surface area contributed by atoms with Crippen molar-refractivity contribution in [2.45, 2.75) is 24.9 Å². The maximum atomic E-state index is 13.1. The smallest absolute Gasteiger partial charge is 0.108 e. The van der Waals surface area contributed by atoms with Gasteiger partial charge in [-0.2, -0.15) is 0 Å². The lowest BCUT2D eigenvalue weighted by Gasteiger charge is -2.14. The van der Waals surface area contributed by atoms with Crippen LogP contribution in [0.2, 0.25) is 0 Å². The van der Waals surface area contributed by atoms with Crippen LogP contribution in [0.5, 0.6) is 0 Å². The highest BCUT2D eigenvalue weighted by Crippen LogP contribution is 2.60. The normalized spacial score (nSPS) is 33.1. The van der Waals surface area contributed by atoms with Crippen LogP contribution in [-0.4, -0.2) is 6.17 Å². The average Bonchev–Trinajstić information content (AvgIpc) is 2.58. The molecule has 0 aromatic carbocycles. The van der Waals surface area contributed by atoms with Crippen molar-refractivity contribution in [1.29, 1.82) is 0 Å². The van der Waals surface area contributed by atoms with E-state index < -0.39 is 6.17 Å². The van der Waals surface area contributed by atoms with E-state index in [4.69, 9.17) is 11.6 Å². The summed E-state index contributed by atoms with van der Waals surface area (Å²) in [4.78, 5) is 1.02. The van der Waals surface area contributed by atoms with Gasteiger partial charge in [0.05, 0.1) is 9.16 Å². The molecule has 1 aliphatic rings. The molecule has 0 aliphatic heterocycles. The quantitative estimate of drug-likeness (QED) is 0.626. The highest BCUT2D eigenvalue weighted by atomic mass is 79.9. The zero-order chi connectivity index (χ0) is 10.5. The summed E-state index contributed by atoms with van der Waals surface area (Å²) in [5.74, 6) is 0. The number of hydrogen-bond donors (Lipinski definition) is 0. The van der Waals surface area contributed by atoms with Gasteiger partial charge < -0.3 is 0 Å². The van der Waals surface area contributed by atoms with Crippen molar-refractivity contribution in [2.24, 2.45) is 5.41 Å². The predicted octanol–water partition coefficient (Wildman–Crippen LogP) is 5.30. The topological polar surface area (TPSA) is 0 Å². The monoisotopic (exact) mass is 360 g/mol. The molecule has 5 heteroatoms. The van der Waals surface area contributed by atoms with Crippen LogP contribution in [0.15, 0.2) is 14.3 Å². The van der Waals surface area contributed by atoms with Gasteiger partial charge >= 0.3 is 0 Å². The van der Waals surface area contributed by atoms with Gasteiger partial charge in [0.25, 0.3) is 0 Å². The Hall–Kier alpha value is 0.880. The molecular formula is C9H8Br2ClFS. The minimum Gasteiger partial charge on any atom is -0.247 e. The SMILES string of the molecule is CC1(C(Cl)c2cc(Br)c(Br)s2)CC1F. The summed E-state index contributed by atoms with van der Waals surface area (Å²) < 4.78 is 15.1. The molecule has 1 heterocycles. The van der Waals surface area contributed by atoms with E-state index in [0.29, 0.717) is 6.42 Å². The Kier molecular flexibility index (Phi) is 3.02. The Morgan fingerprint density at radius 3 is 2.64 bits per heavy atom. The van der Waals surface area contributed by atoms with E-state index in [1.54, 1.807) is 11.3 Å². The van der Waals surface area contributed by atoms with Crippen LogP contribution >= 0.6 is 54.8 Å². The first-order valence-electron chi connectivity index (χ1n) is 4.18. The van der Waals surface area contributed by atoms with Gasteiger partial charge in [0.1, 0.15) is 6.17 Å². The first-order valence-corrected chi connectivity index (χ1v) is 7.02. The first kappa shape index (κ1) is 11.4. The lowest BCUT2D eigenvalue weighted by atomic mass is 10.0. The fourth-order valence-corrected chi connectivity index (χ4v) is 4.05. The third-order valence-corrected chi connectivity index (χ3v) is 6.85. The summed E-state index contributed by atoms with van der Waals surface area (Å²) in [5.41, 5.74) is -0.356. The summed E-state index contributed by atoms with van der Waals surface area (Å²) in [7, 11) is 0. The number of rotatable bonds is 2. The molecule has 1 fully saturated rings. The minimum atomic E-state index is -0.746. The van der Waals surface area contributed by atoms with E-state index >= 15 is 0 Å². The van der Waals surface area contributed by atoms with Crippen LogP contribution in [0.1, 0.15) is 23.6 Å². The lowest BCUT2D eigenvalue weighted by Crippen LogP contribution is -2.06. The lowest BCUT2D eigenvalue weighted by molar-refractivity contribution is 0.371. The van der Waals surface area contributed by atoms with Crippen molar-refractivity contribution in [3.05, 3.63) is 19.2 Å². The molecule has 3 atom stereocenters. The molecular weight excluding hydrogens is 354 g/mol. The Morgan fingerprint density at radius 2 is 2.29 bits per heavy atom. The van der Waals surface area contributed by atoms with E-state index in [-0.39, 0.29) is 10.8 Å². The molecule has 0 amide bonds. The molecule has 0 N–H and O–H groups in total. The van der Waals surface area contributed by atoms with E-state index in [1.807, 2.05) is 13.0 Å². The van der Waals surface area contributed by atoms with Crippen molar-refractivity contribution < 1.29 is 4.39 Å². The number of hydrogen-bond acceptors (Lipinski definition) is 1. The highest BCUT2D eigenvalue weighted by Gasteiger charge is 2.56. The van der Waals surface area contributed by atoms with Crippen LogP contribution in [0.3, 0.4) is 0 Å². The molecule has 0 nitrogen and oxygen atoms in total. The second kappa shape index (κ2) is 3.72. The van der Waals surface area contributed by atoms with E-state index in [0.717, 1.165) is 13.1 Å². The zero-order valence-corrected chi connectivity index (χ0v) is 12.1. The van der Waals surface area contributed by atoms with Gasteiger partial charge in [0.15, 0.2) is 0 Å². The van der Waals surface area contributed by atoms with Crippen LogP contribution in [0.25, 0.3) is 0 Å². The van der Waals surface area contributed by atoms with Crippen LogP contribution in [-0.2, 0) is 0 Å². The van der Waals surface area contributed by atoms with Gasteiger partial charge in [-0.15, -0.1) is 22.9 Å². The molecule has 14 heavy (non-hydrogen) atoms. The number of thiophene rings is 1. The maximum Gasteiger partial charge on any atom is 0.108 e. The Morgan fingerprint density at radius 1 is 1.71 bits per heavy atom. The minimum absolute atomic E-state index is 0.218. The van der Waals surface area contributed by atoms with Gasteiger partial charge in [0, 0.05) is 14.8 Å². The number of alkyl halides is 2. The molecule has 1 aliphatic carbocycles. The standard InChI is InChI=1S/C9H8Br2ClFS/c1-9(3-6(9)13)7(12)5-2-4(10)8(11)14-5/h2,6-7H,3H2,1H3. The molecule has 78 valence electrons. The molecule has 0 saturated heterocycles. The van der Waals surface area contributed by atoms with Crippen LogP contribution in [0, 0.1) is 5.41 Å². The Labute approximate surface area is 108 Å². The van der Waals surface area contributed by atoms with Gasteiger partial charge in [-0.3, -0.25) is 0 Å². The molecule has 1 saturated carbocycles. The largest absolute Gasteiger partial charge is 0.247 e. The average molecular weight is 362 g/mol. The molecule has 0 radical (unpaired) electrons. The second-order valence-corrected chi connectivity index (χ2v) is 7.50. The summed E-state index contributed by atoms with van der Waals surface area (Å²) >= 11 is 14.6. The van der Waals surface area contributed by atoms with E-state index in [9.17, 15) is 4.39 Å². The van der Waals surface area contributed by atoms with Crippen molar-refractivity contribution in [1.82, 2.24) is 0 Å². The fourth-order valence-electron chi connectivity index (χ4n) is 1.40. The van der Waals surface area contributed by atoms with Crippen LogP contribution in [0.4, 0.5) is 4.39 Å². The molecule has 1 aromatic rings. The van der Waals surface area contributed by atoms with Crippen molar-refractivity contribution in [3.8, 4) is 0 Å². The summed E-state index contributed by atoms with van der Waals surface area (Å²) in [6.07, 6.45) is -0.168. The van der Waals surface area contributed by atoms with Crippen molar-refractivity contribution >= 4 is 54.8 Å². The summed E-state index contributed by atoms with van der Waals surface area (Å²) in [6.45, 7) is 1.90. The predicted molar refractivity (Wildman–Crippen MR) is 65.9 cm³/mol. The maximum absolute atomic E-state index is 13.1. The van der Waals surface area contributed by atoms with Gasteiger partial charge in [-0.1, -0.05) is 6.92 Å². The summed E-state index contributed by atoms with van der Waals surface area (Å²) in [6, 6.07) is 1.96. The highest BCUT2D eigenvalue weighted by molar-refractivity contribution is 9.13. The Balaban J connectivity index is 2.24. The van der Waals surface area contributed by atoms with Gasteiger partial charge in [0.2, 0.25) is 0 Å². The van der Waals surface area contributed by atoms with Gasteiger partial charge in [-0.25, -0.2) is 4.39 Å². The van der Waals surface area contributed by atoms with E-state index in [1.165, 1.54) is 0 Å². The van der Waals surface area contributed by atoms with Gasteiger partial charge in [-0.05, 0) is 44.3 Å². The molecule has 0 bridgehead atoms. The van der Waals surface area contributed by atoms with Crippen molar-refractivity contribution in [2.75, 3.05) is 0 Å². The Bertz CT molecular complexity index is 348. The second-order valence-electron chi connectivity index (χ2n) is 3.81. The molecule has 2 rings (SSSR count). The summed E-state index contributed by atoms with van der Waals surface area (Å²) in [5, 5.41) is -0.218. The fraction of sp³-hybridized carbons (Fsp3) is 0.556. The van der Waals surface area contributed by atoms with Crippen molar-refractivity contribution in [3.63, 3.8) is 0 Å². The molecule has 0 spiro atoms. The molecule has 3 unspecified atom stereocenters. The zero-order valence-electron chi connectivity index (χ0n) is 7.36. The van der Waals surface area contributed by atoms with Crippen LogP contribution < -0.4 is 0 Å². The third kappa shape index (κ3) is 1.79. The first-order chi connectivity index (χ1) is 6.45. The van der Waals surface area contributed by atoms with E-state index in [2.05, 4.69) is 31.9 Å².